The molecule has 3 amide bonds. The van der Waals surface area contributed by atoms with Crippen LogP contribution in [0.2, 0.25) is 0 Å². The van der Waals surface area contributed by atoms with E-state index in [0.717, 1.165) is 12.0 Å². The van der Waals surface area contributed by atoms with Gasteiger partial charge >= 0.3 is 6.03 Å². The largest absolute Gasteiger partial charge is 0.349 e. The highest BCUT2D eigenvalue weighted by Crippen LogP contribution is 2.20. The molecule has 1 heterocycles. The minimum atomic E-state index is -0.339. The molecule has 2 rings (SSSR count). The minimum absolute atomic E-state index is 0.0265. The molecule has 0 fully saturated rings. The monoisotopic (exact) mass is 372 g/mol. The number of nitrogens with one attached hydrogen (secondary N) is 2. The second kappa shape index (κ2) is 9.16. The zero-order valence-electron chi connectivity index (χ0n) is 16.6. The molecule has 1 aromatic carbocycles. The van der Waals surface area contributed by atoms with Crippen LogP contribution in [-0.4, -0.2) is 45.7 Å². The highest BCUT2D eigenvalue weighted by atomic mass is 16.2. The Labute approximate surface area is 160 Å². The number of likely N-dealkylation sites (N-methyl/N-ethyl adjacent to an activating group) is 1. The van der Waals surface area contributed by atoms with E-state index in [1.807, 2.05) is 18.2 Å². The molecule has 1 aromatic heterocycles. The third-order valence-electron chi connectivity index (χ3n) is 4.18. The van der Waals surface area contributed by atoms with E-state index >= 15 is 0 Å². The van der Waals surface area contributed by atoms with Crippen molar-refractivity contribution in [3.63, 3.8) is 0 Å². The summed E-state index contributed by atoms with van der Waals surface area (Å²) >= 11 is 0. The van der Waals surface area contributed by atoms with Crippen LogP contribution >= 0.6 is 0 Å². The second-order valence-electron chi connectivity index (χ2n) is 7.14. The Kier molecular flexibility index (Phi) is 6.92. The molecule has 0 aliphatic rings. The van der Waals surface area contributed by atoms with Gasteiger partial charge in [0.05, 0.1) is 12.5 Å². The van der Waals surface area contributed by atoms with E-state index in [1.54, 1.807) is 31.9 Å². The number of urea groups is 1. The standard InChI is InChI=1S/C19H28N6O2/c1-13(2)10-16(18-20-12-21-25(18)5)23-19(27)22-15-9-7-6-8-14(15)11-17(26)24(3)4/h6-9,12-13,16H,10-11H2,1-5H3,(H2,22,23,27). The zero-order valence-corrected chi connectivity index (χ0v) is 16.6. The number of carbonyl (C=O) groups is 2. The maximum atomic E-state index is 12.6. The van der Waals surface area contributed by atoms with E-state index < -0.39 is 0 Å². The van der Waals surface area contributed by atoms with Crippen LogP contribution in [0.4, 0.5) is 10.5 Å². The molecule has 2 aromatic rings. The summed E-state index contributed by atoms with van der Waals surface area (Å²) in [5, 5.41) is 9.93. The lowest BCUT2D eigenvalue weighted by molar-refractivity contribution is -0.127. The van der Waals surface area contributed by atoms with Gasteiger partial charge in [0.2, 0.25) is 5.91 Å². The van der Waals surface area contributed by atoms with E-state index in [2.05, 4.69) is 34.6 Å². The number of benzene rings is 1. The Morgan fingerprint density at radius 2 is 1.93 bits per heavy atom. The van der Waals surface area contributed by atoms with Gasteiger partial charge in [0, 0.05) is 26.8 Å². The van der Waals surface area contributed by atoms with Crippen molar-refractivity contribution >= 4 is 17.6 Å². The first-order chi connectivity index (χ1) is 12.8. The van der Waals surface area contributed by atoms with E-state index in [4.69, 9.17) is 0 Å². The van der Waals surface area contributed by atoms with Crippen LogP contribution in [-0.2, 0) is 18.3 Å². The number of carbonyl (C=O) groups excluding carboxylic acids is 2. The molecule has 0 aliphatic carbocycles. The maximum Gasteiger partial charge on any atom is 0.319 e. The Balaban J connectivity index is 2.12. The van der Waals surface area contributed by atoms with Gasteiger partial charge in [-0.3, -0.25) is 9.48 Å². The lowest BCUT2D eigenvalue weighted by Crippen LogP contribution is -2.35. The average molecular weight is 372 g/mol. The summed E-state index contributed by atoms with van der Waals surface area (Å²) in [4.78, 5) is 30.4. The van der Waals surface area contributed by atoms with Crippen LogP contribution < -0.4 is 10.6 Å². The molecule has 8 heteroatoms. The van der Waals surface area contributed by atoms with Gasteiger partial charge in [0.15, 0.2) is 0 Å². The molecule has 0 saturated heterocycles. The lowest BCUT2D eigenvalue weighted by Gasteiger charge is -2.21. The van der Waals surface area contributed by atoms with Crippen LogP contribution in [0.15, 0.2) is 30.6 Å². The highest BCUT2D eigenvalue weighted by Gasteiger charge is 2.21. The second-order valence-corrected chi connectivity index (χ2v) is 7.14. The first kappa shape index (κ1) is 20.4. The molecule has 27 heavy (non-hydrogen) atoms. The predicted molar refractivity (Wildman–Crippen MR) is 104 cm³/mol. The Morgan fingerprint density at radius 1 is 1.22 bits per heavy atom. The van der Waals surface area contributed by atoms with Gasteiger partial charge < -0.3 is 15.5 Å². The quantitative estimate of drug-likeness (QED) is 0.780. The van der Waals surface area contributed by atoms with E-state index in [9.17, 15) is 9.59 Å². The number of anilines is 1. The first-order valence-corrected chi connectivity index (χ1v) is 8.97. The molecule has 0 saturated carbocycles. The average Bonchev–Trinajstić information content (AvgIpc) is 3.01. The molecule has 1 atom stereocenters. The first-order valence-electron chi connectivity index (χ1n) is 8.97. The molecule has 0 radical (unpaired) electrons. The molecule has 0 spiro atoms. The number of aromatic nitrogens is 3. The Morgan fingerprint density at radius 3 is 2.52 bits per heavy atom. The van der Waals surface area contributed by atoms with Crippen LogP contribution in [0.5, 0.6) is 0 Å². The number of hydrogen-bond acceptors (Lipinski definition) is 4. The van der Waals surface area contributed by atoms with Crippen molar-refractivity contribution in [2.45, 2.75) is 32.7 Å². The van der Waals surface area contributed by atoms with Crippen molar-refractivity contribution in [2.75, 3.05) is 19.4 Å². The van der Waals surface area contributed by atoms with Gasteiger partial charge in [-0.25, -0.2) is 9.78 Å². The smallest absolute Gasteiger partial charge is 0.319 e. The molecule has 2 N–H and O–H groups in total. The molecular formula is C19H28N6O2. The molecule has 1 unspecified atom stereocenters. The number of aryl methyl sites for hydroxylation is 1. The molecule has 146 valence electrons. The normalized spacial score (nSPS) is 11.9. The summed E-state index contributed by atoms with van der Waals surface area (Å²) < 4.78 is 1.66. The van der Waals surface area contributed by atoms with Crippen LogP contribution in [0.3, 0.4) is 0 Å². The number of rotatable bonds is 7. The fourth-order valence-corrected chi connectivity index (χ4v) is 2.76. The summed E-state index contributed by atoms with van der Waals surface area (Å²) in [6.45, 7) is 4.18. The maximum absolute atomic E-state index is 12.6. The van der Waals surface area contributed by atoms with Gasteiger partial charge in [-0.1, -0.05) is 32.0 Å². The summed E-state index contributed by atoms with van der Waals surface area (Å²) in [6, 6.07) is 6.71. The van der Waals surface area contributed by atoms with Crippen molar-refractivity contribution in [3.8, 4) is 0 Å². The minimum Gasteiger partial charge on any atom is -0.349 e. The fourth-order valence-electron chi connectivity index (χ4n) is 2.76. The molecule has 0 aliphatic heterocycles. The summed E-state index contributed by atoms with van der Waals surface area (Å²) in [5.41, 5.74) is 1.39. The fraction of sp³-hybridized carbons (Fsp3) is 0.474. The van der Waals surface area contributed by atoms with Crippen LogP contribution in [0.1, 0.15) is 37.7 Å². The summed E-state index contributed by atoms with van der Waals surface area (Å²) in [7, 11) is 5.22. The van der Waals surface area contributed by atoms with E-state index in [0.29, 0.717) is 17.4 Å². The highest BCUT2D eigenvalue weighted by molar-refractivity contribution is 5.91. The number of para-hydroxylation sites is 1. The van der Waals surface area contributed by atoms with Gasteiger partial charge in [0.25, 0.3) is 0 Å². The lowest BCUT2D eigenvalue weighted by atomic mass is 10.0. The van der Waals surface area contributed by atoms with Crippen molar-refractivity contribution in [1.29, 1.82) is 0 Å². The van der Waals surface area contributed by atoms with Crippen molar-refractivity contribution in [2.24, 2.45) is 13.0 Å². The Hall–Kier alpha value is -2.90. The third kappa shape index (κ3) is 5.80. The summed E-state index contributed by atoms with van der Waals surface area (Å²) in [5.74, 6) is 1.05. The van der Waals surface area contributed by atoms with Crippen molar-refractivity contribution in [3.05, 3.63) is 42.0 Å². The predicted octanol–water partition coefficient (Wildman–Crippen LogP) is 2.35. The van der Waals surface area contributed by atoms with E-state index in [1.165, 1.54) is 11.2 Å². The zero-order chi connectivity index (χ0) is 20.0. The molecule has 8 nitrogen and oxygen atoms in total. The van der Waals surface area contributed by atoms with Gasteiger partial charge in [-0.2, -0.15) is 5.10 Å². The van der Waals surface area contributed by atoms with Crippen LogP contribution in [0.25, 0.3) is 0 Å². The van der Waals surface area contributed by atoms with Gasteiger partial charge in [0.1, 0.15) is 12.2 Å². The molecule has 0 bridgehead atoms. The van der Waals surface area contributed by atoms with Gasteiger partial charge in [-0.05, 0) is 24.0 Å². The number of nitrogens with zero attached hydrogens (tertiary/aromatic N) is 4. The summed E-state index contributed by atoms with van der Waals surface area (Å²) in [6.07, 6.45) is 2.44. The van der Waals surface area contributed by atoms with Crippen molar-refractivity contribution in [1.82, 2.24) is 25.0 Å². The van der Waals surface area contributed by atoms with Gasteiger partial charge in [-0.15, -0.1) is 0 Å². The van der Waals surface area contributed by atoms with Crippen LogP contribution in [0, 0.1) is 5.92 Å². The number of hydrogen-bond donors (Lipinski definition) is 2. The topological polar surface area (TPSA) is 92.2 Å². The SMILES string of the molecule is CC(C)CC(NC(=O)Nc1ccccc1CC(=O)N(C)C)c1ncnn1C. The third-order valence-corrected chi connectivity index (χ3v) is 4.18. The van der Waals surface area contributed by atoms with E-state index in [-0.39, 0.29) is 24.4 Å². The van der Waals surface area contributed by atoms with Crippen molar-refractivity contribution < 1.29 is 9.59 Å². The number of amides is 3. The molecular weight excluding hydrogens is 344 g/mol. The Bertz CT molecular complexity index is 784.